The maximum absolute atomic E-state index is 11.0. The summed E-state index contributed by atoms with van der Waals surface area (Å²) in [4.78, 5) is 10.6. The molecule has 1 saturated heterocycles. The molecule has 2 aliphatic rings. The van der Waals surface area contributed by atoms with Crippen molar-refractivity contribution in [2.75, 3.05) is 6.54 Å². The minimum absolute atomic E-state index is 0.158. The molecule has 0 bridgehead atoms. The number of para-hydroxylation sites is 1. The highest BCUT2D eigenvalue weighted by atomic mass is 16.6. The van der Waals surface area contributed by atoms with Crippen molar-refractivity contribution in [3.05, 3.63) is 39.9 Å². The third-order valence-electron chi connectivity index (χ3n) is 4.73. The molecule has 0 amide bonds. The molecule has 0 radical (unpaired) electrons. The number of rotatable bonds is 5. The fourth-order valence-electron chi connectivity index (χ4n) is 3.63. The second-order valence-corrected chi connectivity index (χ2v) is 6.19. The summed E-state index contributed by atoms with van der Waals surface area (Å²) < 4.78 is 6.23. The number of benzene rings is 1. The normalized spacial score (nSPS) is 23.7. The summed E-state index contributed by atoms with van der Waals surface area (Å²) in [6, 6.07) is 6.89. The Hall–Kier alpha value is -1.46. The fraction of sp³-hybridized carbons (Fsp3) is 0.625. The number of nitro groups is 1. The minimum Gasteiger partial charge on any atom is -0.370 e. The van der Waals surface area contributed by atoms with Crippen LogP contribution in [0.15, 0.2) is 24.3 Å². The lowest BCUT2D eigenvalue weighted by Crippen LogP contribution is -2.30. The van der Waals surface area contributed by atoms with E-state index in [-0.39, 0.29) is 22.3 Å². The van der Waals surface area contributed by atoms with E-state index in [4.69, 9.17) is 4.74 Å². The Kier molecular flexibility index (Phi) is 4.22. The van der Waals surface area contributed by atoms with Gasteiger partial charge in [-0.05, 0) is 25.7 Å². The molecule has 0 aromatic heterocycles. The molecule has 114 valence electrons. The molecule has 1 atom stereocenters. The lowest BCUT2D eigenvalue weighted by Gasteiger charge is -2.23. The Morgan fingerprint density at radius 1 is 1.29 bits per heavy atom. The van der Waals surface area contributed by atoms with E-state index < -0.39 is 0 Å². The smallest absolute Gasteiger partial charge is 0.273 e. The van der Waals surface area contributed by atoms with Crippen molar-refractivity contribution >= 4 is 5.69 Å². The average molecular weight is 290 g/mol. The van der Waals surface area contributed by atoms with Crippen LogP contribution in [-0.2, 0) is 11.3 Å². The molecule has 3 rings (SSSR count). The second kappa shape index (κ2) is 6.12. The van der Waals surface area contributed by atoms with Crippen LogP contribution < -0.4 is 5.32 Å². The highest BCUT2D eigenvalue weighted by Crippen LogP contribution is 2.43. The molecule has 1 N–H and O–H groups in total. The molecule has 5 heteroatoms. The van der Waals surface area contributed by atoms with Crippen LogP contribution in [0.3, 0.4) is 0 Å². The van der Waals surface area contributed by atoms with Crippen LogP contribution in [0.2, 0.25) is 0 Å². The van der Waals surface area contributed by atoms with E-state index in [1.165, 1.54) is 32.1 Å². The zero-order chi connectivity index (χ0) is 14.7. The molecule has 1 aromatic rings. The maximum atomic E-state index is 11.0. The lowest BCUT2D eigenvalue weighted by molar-refractivity contribution is -0.385. The molecule has 5 nitrogen and oxygen atoms in total. The average Bonchev–Trinajstić information content (AvgIpc) is 3.10. The largest absolute Gasteiger partial charge is 0.370 e. The van der Waals surface area contributed by atoms with Crippen LogP contribution in [-0.4, -0.2) is 23.2 Å². The standard InChI is InChI=1S/C16H22N2O3/c19-18(20)15-6-2-1-5-13(15)11-17-12-14-7-10-16(21-14)8-3-4-9-16/h1-2,5-6,14,17H,3-4,7-12H2. The predicted octanol–water partition coefficient (Wildman–Crippen LogP) is 3.18. The zero-order valence-electron chi connectivity index (χ0n) is 12.2. The van der Waals surface area contributed by atoms with Crippen molar-refractivity contribution in [1.29, 1.82) is 0 Å². The van der Waals surface area contributed by atoms with Crippen LogP contribution >= 0.6 is 0 Å². The van der Waals surface area contributed by atoms with Crippen molar-refractivity contribution in [2.45, 2.75) is 56.8 Å². The minimum atomic E-state index is -0.323. The van der Waals surface area contributed by atoms with Gasteiger partial charge in [-0.2, -0.15) is 0 Å². The van der Waals surface area contributed by atoms with Gasteiger partial charge < -0.3 is 10.1 Å². The third-order valence-corrected chi connectivity index (χ3v) is 4.73. The van der Waals surface area contributed by atoms with Crippen LogP contribution in [0, 0.1) is 10.1 Å². The molecule has 1 spiro atoms. The van der Waals surface area contributed by atoms with Gasteiger partial charge in [0.15, 0.2) is 0 Å². The second-order valence-electron chi connectivity index (χ2n) is 6.19. The summed E-state index contributed by atoms with van der Waals surface area (Å²) >= 11 is 0. The van der Waals surface area contributed by atoms with Gasteiger partial charge in [0.2, 0.25) is 0 Å². The summed E-state index contributed by atoms with van der Waals surface area (Å²) in [5, 5.41) is 14.3. The Bertz CT molecular complexity index is 512. The molecule has 1 saturated carbocycles. The van der Waals surface area contributed by atoms with Crippen molar-refractivity contribution < 1.29 is 9.66 Å². The maximum Gasteiger partial charge on any atom is 0.273 e. The van der Waals surface area contributed by atoms with Gasteiger partial charge in [0, 0.05) is 24.7 Å². The van der Waals surface area contributed by atoms with Gasteiger partial charge >= 0.3 is 0 Å². The van der Waals surface area contributed by atoms with Crippen LogP contribution in [0.4, 0.5) is 5.69 Å². The molecule has 1 unspecified atom stereocenters. The van der Waals surface area contributed by atoms with E-state index in [0.29, 0.717) is 6.54 Å². The summed E-state index contributed by atoms with van der Waals surface area (Å²) in [6.07, 6.45) is 7.51. The first kappa shape index (κ1) is 14.5. The van der Waals surface area contributed by atoms with Gasteiger partial charge in [-0.1, -0.05) is 31.0 Å². The Morgan fingerprint density at radius 2 is 2.05 bits per heavy atom. The molecule has 1 aliphatic heterocycles. The summed E-state index contributed by atoms with van der Waals surface area (Å²) in [7, 11) is 0. The van der Waals surface area contributed by atoms with Gasteiger partial charge in [0.1, 0.15) is 0 Å². The molecule has 1 heterocycles. The first-order chi connectivity index (χ1) is 10.2. The Morgan fingerprint density at radius 3 is 2.81 bits per heavy atom. The number of nitrogens with one attached hydrogen (secondary N) is 1. The fourth-order valence-corrected chi connectivity index (χ4v) is 3.63. The van der Waals surface area contributed by atoms with E-state index in [1.807, 2.05) is 6.07 Å². The highest BCUT2D eigenvalue weighted by molar-refractivity contribution is 5.39. The van der Waals surface area contributed by atoms with Gasteiger partial charge in [0.05, 0.1) is 16.6 Å². The zero-order valence-corrected chi connectivity index (χ0v) is 12.2. The van der Waals surface area contributed by atoms with Gasteiger partial charge in [0.25, 0.3) is 5.69 Å². The number of hydrogen-bond acceptors (Lipinski definition) is 4. The van der Waals surface area contributed by atoms with Gasteiger partial charge in [-0.25, -0.2) is 0 Å². The summed E-state index contributed by atoms with van der Waals surface area (Å²) in [6.45, 7) is 1.29. The number of ether oxygens (including phenoxy) is 1. The van der Waals surface area contributed by atoms with E-state index in [2.05, 4.69) is 5.32 Å². The van der Waals surface area contributed by atoms with E-state index in [9.17, 15) is 10.1 Å². The van der Waals surface area contributed by atoms with Crippen molar-refractivity contribution in [3.63, 3.8) is 0 Å². The summed E-state index contributed by atoms with van der Waals surface area (Å²) in [5.74, 6) is 0. The highest BCUT2D eigenvalue weighted by Gasteiger charge is 2.41. The van der Waals surface area contributed by atoms with Crippen LogP contribution in [0.25, 0.3) is 0 Å². The first-order valence-electron chi connectivity index (χ1n) is 7.79. The van der Waals surface area contributed by atoms with Gasteiger partial charge in [-0.3, -0.25) is 10.1 Å². The number of nitro benzene ring substituents is 1. The van der Waals surface area contributed by atoms with Gasteiger partial charge in [-0.15, -0.1) is 0 Å². The van der Waals surface area contributed by atoms with E-state index in [0.717, 1.165) is 18.5 Å². The number of nitrogens with zero attached hydrogens (tertiary/aromatic N) is 1. The van der Waals surface area contributed by atoms with Crippen molar-refractivity contribution in [3.8, 4) is 0 Å². The van der Waals surface area contributed by atoms with E-state index >= 15 is 0 Å². The molecule has 2 fully saturated rings. The monoisotopic (exact) mass is 290 g/mol. The third kappa shape index (κ3) is 3.24. The first-order valence-corrected chi connectivity index (χ1v) is 7.79. The van der Waals surface area contributed by atoms with Crippen LogP contribution in [0.1, 0.15) is 44.1 Å². The molecular formula is C16H22N2O3. The summed E-state index contributed by atoms with van der Waals surface area (Å²) in [5.41, 5.74) is 1.08. The van der Waals surface area contributed by atoms with Crippen molar-refractivity contribution in [1.82, 2.24) is 5.32 Å². The predicted molar refractivity (Wildman–Crippen MR) is 80.1 cm³/mol. The number of hydrogen-bond donors (Lipinski definition) is 1. The molecular weight excluding hydrogens is 268 g/mol. The van der Waals surface area contributed by atoms with Crippen LogP contribution in [0.5, 0.6) is 0 Å². The molecule has 1 aromatic carbocycles. The van der Waals surface area contributed by atoms with Crippen molar-refractivity contribution in [2.24, 2.45) is 0 Å². The quantitative estimate of drug-likeness (QED) is 0.668. The molecule has 1 aliphatic carbocycles. The topological polar surface area (TPSA) is 64.4 Å². The molecule has 21 heavy (non-hydrogen) atoms. The van der Waals surface area contributed by atoms with E-state index in [1.54, 1.807) is 18.2 Å². The lowest BCUT2D eigenvalue weighted by atomic mass is 9.98. The Labute approximate surface area is 124 Å². The SMILES string of the molecule is O=[N+]([O-])c1ccccc1CNCC1CCC2(CCCC2)O1. The Balaban J connectivity index is 1.50.